The van der Waals surface area contributed by atoms with Crippen LogP contribution in [0.3, 0.4) is 0 Å². The first-order chi connectivity index (χ1) is 14.8. The van der Waals surface area contributed by atoms with Gasteiger partial charge in [-0.2, -0.15) is 0 Å². The van der Waals surface area contributed by atoms with Crippen LogP contribution in [0.25, 0.3) is 0 Å². The molecule has 2 aliphatic rings. The molecule has 0 unspecified atom stereocenters. The number of hydrogen-bond acceptors (Lipinski definition) is 4. The molecule has 4 rings (SSSR count). The first kappa shape index (κ1) is 20.8. The third-order valence-corrected chi connectivity index (χ3v) is 6.07. The van der Waals surface area contributed by atoms with E-state index >= 15 is 0 Å². The van der Waals surface area contributed by atoms with Gasteiger partial charge in [0.1, 0.15) is 5.54 Å². The number of benzene rings is 2. The van der Waals surface area contributed by atoms with E-state index in [1.807, 2.05) is 18.2 Å². The summed E-state index contributed by atoms with van der Waals surface area (Å²) in [5.41, 5.74) is 3.32. The van der Waals surface area contributed by atoms with Crippen molar-refractivity contribution in [2.45, 2.75) is 45.2 Å². The van der Waals surface area contributed by atoms with Gasteiger partial charge >= 0.3 is 6.03 Å². The summed E-state index contributed by atoms with van der Waals surface area (Å²) in [6.45, 7) is 3.17. The van der Waals surface area contributed by atoms with E-state index in [0.29, 0.717) is 12.1 Å². The van der Waals surface area contributed by atoms with Crippen LogP contribution in [0.4, 0.5) is 4.79 Å². The standard InChI is InChI=1S/C24H25N3O4/c1-15(28)25-13-16-6-8-18(9-7-16)21(29)14-27-22(30)24(2,26-23(27)31)20-11-10-17-4-3-5-19(17)12-20/h6-12H,3-5,13-14H2,1-2H3,(H,25,28)(H,26,31)/t24-/m0/s1. The van der Waals surface area contributed by atoms with Crippen LogP contribution in [0.15, 0.2) is 42.5 Å². The van der Waals surface area contributed by atoms with Gasteiger partial charge < -0.3 is 10.6 Å². The van der Waals surface area contributed by atoms with E-state index in [-0.39, 0.29) is 18.2 Å². The second-order valence-corrected chi connectivity index (χ2v) is 8.31. The fourth-order valence-corrected chi connectivity index (χ4v) is 4.19. The third-order valence-electron chi connectivity index (χ3n) is 6.07. The molecule has 0 bridgehead atoms. The summed E-state index contributed by atoms with van der Waals surface area (Å²) in [4.78, 5) is 50.5. The lowest BCUT2D eigenvalue weighted by Gasteiger charge is -2.23. The number of nitrogens with one attached hydrogen (secondary N) is 2. The minimum Gasteiger partial charge on any atom is -0.352 e. The van der Waals surface area contributed by atoms with E-state index in [0.717, 1.165) is 35.3 Å². The van der Waals surface area contributed by atoms with Crippen molar-refractivity contribution in [2.75, 3.05) is 6.54 Å². The van der Waals surface area contributed by atoms with Gasteiger partial charge in [-0.05, 0) is 48.4 Å². The molecule has 31 heavy (non-hydrogen) atoms. The number of Topliss-reactive ketones (excluding diaryl/α,β-unsaturated/α-hetero) is 1. The normalized spacial score (nSPS) is 19.9. The van der Waals surface area contributed by atoms with Gasteiger partial charge in [-0.3, -0.25) is 19.3 Å². The second-order valence-electron chi connectivity index (χ2n) is 8.31. The topological polar surface area (TPSA) is 95.6 Å². The van der Waals surface area contributed by atoms with Crippen molar-refractivity contribution < 1.29 is 19.2 Å². The number of hydrogen-bond donors (Lipinski definition) is 2. The molecular formula is C24H25N3O4. The van der Waals surface area contributed by atoms with Crippen molar-refractivity contribution in [3.63, 3.8) is 0 Å². The van der Waals surface area contributed by atoms with Crippen LogP contribution >= 0.6 is 0 Å². The Bertz CT molecular complexity index is 1080. The number of urea groups is 1. The van der Waals surface area contributed by atoms with Crippen LogP contribution in [0.5, 0.6) is 0 Å². The summed E-state index contributed by atoms with van der Waals surface area (Å²) < 4.78 is 0. The Morgan fingerprint density at radius 1 is 1.06 bits per heavy atom. The summed E-state index contributed by atoms with van der Waals surface area (Å²) >= 11 is 0. The molecule has 0 aromatic heterocycles. The van der Waals surface area contributed by atoms with Crippen molar-refractivity contribution >= 4 is 23.6 Å². The fourth-order valence-electron chi connectivity index (χ4n) is 4.19. The number of aryl methyl sites for hydroxylation is 2. The Morgan fingerprint density at radius 3 is 2.48 bits per heavy atom. The minimum atomic E-state index is -1.18. The van der Waals surface area contributed by atoms with Crippen LogP contribution in [0.1, 0.15) is 52.9 Å². The van der Waals surface area contributed by atoms with Crippen molar-refractivity contribution in [3.05, 3.63) is 70.3 Å². The van der Waals surface area contributed by atoms with E-state index in [1.54, 1.807) is 31.2 Å². The minimum absolute atomic E-state index is 0.134. The van der Waals surface area contributed by atoms with Gasteiger partial charge in [-0.15, -0.1) is 0 Å². The number of imide groups is 1. The molecule has 1 heterocycles. The van der Waals surface area contributed by atoms with Gasteiger partial charge in [0.25, 0.3) is 5.91 Å². The van der Waals surface area contributed by atoms with Gasteiger partial charge in [0.2, 0.25) is 5.91 Å². The van der Waals surface area contributed by atoms with Crippen LogP contribution in [0, 0.1) is 0 Å². The molecule has 2 aromatic rings. The zero-order valence-corrected chi connectivity index (χ0v) is 17.7. The zero-order valence-electron chi connectivity index (χ0n) is 17.7. The molecule has 1 aliphatic heterocycles. The summed E-state index contributed by atoms with van der Waals surface area (Å²) in [6.07, 6.45) is 3.11. The summed E-state index contributed by atoms with van der Waals surface area (Å²) in [7, 11) is 0. The molecule has 1 atom stereocenters. The molecule has 0 spiro atoms. The van der Waals surface area contributed by atoms with E-state index < -0.39 is 17.5 Å². The molecule has 4 amide bonds. The molecule has 160 valence electrons. The first-order valence-electron chi connectivity index (χ1n) is 10.4. The van der Waals surface area contributed by atoms with Crippen LogP contribution in [-0.2, 0) is 34.5 Å². The Balaban J connectivity index is 1.48. The zero-order chi connectivity index (χ0) is 22.2. The first-order valence-corrected chi connectivity index (χ1v) is 10.4. The molecule has 7 nitrogen and oxygen atoms in total. The van der Waals surface area contributed by atoms with Crippen molar-refractivity contribution in [2.24, 2.45) is 0 Å². The summed E-state index contributed by atoms with van der Waals surface area (Å²) in [5.74, 6) is -0.885. The molecule has 2 aromatic carbocycles. The number of amides is 4. The number of carbonyl (C=O) groups excluding carboxylic acids is 4. The number of ketones is 1. The molecule has 2 N–H and O–H groups in total. The monoisotopic (exact) mass is 419 g/mol. The van der Waals surface area contributed by atoms with E-state index in [2.05, 4.69) is 10.6 Å². The van der Waals surface area contributed by atoms with E-state index in [9.17, 15) is 19.2 Å². The number of carbonyl (C=O) groups is 4. The maximum atomic E-state index is 13.2. The Kier molecular flexibility index (Phi) is 5.35. The van der Waals surface area contributed by atoms with Gasteiger partial charge in [-0.1, -0.05) is 42.5 Å². The number of fused-ring (bicyclic) bond motifs is 1. The quantitative estimate of drug-likeness (QED) is 0.555. The summed E-state index contributed by atoms with van der Waals surface area (Å²) in [5, 5.41) is 5.47. The van der Waals surface area contributed by atoms with Crippen LogP contribution in [-0.4, -0.2) is 35.1 Å². The van der Waals surface area contributed by atoms with Crippen molar-refractivity contribution in [3.8, 4) is 0 Å². The highest BCUT2D eigenvalue weighted by Crippen LogP contribution is 2.32. The fraction of sp³-hybridized carbons (Fsp3) is 0.333. The largest absolute Gasteiger partial charge is 0.352 e. The second kappa shape index (κ2) is 7.98. The van der Waals surface area contributed by atoms with E-state index in [1.165, 1.54) is 18.1 Å². The van der Waals surface area contributed by atoms with Crippen molar-refractivity contribution in [1.29, 1.82) is 0 Å². The molecule has 0 saturated carbocycles. The summed E-state index contributed by atoms with van der Waals surface area (Å²) in [6, 6.07) is 12.1. The molecule has 1 aliphatic carbocycles. The number of rotatable bonds is 6. The average molecular weight is 419 g/mol. The van der Waals surface area contributed by atoms with Gasteiger partial charge in [0.05, 0.1) is 6.54 Å². The van der Waals surface area contributed by atoms with Gasteiger partial charge in [0, 0.05) is 19.0 Å². The Hall–Kier alpha value is -3.48. The predicted octanol–water partition coefficient (Wildman–Crippen LogP) is 2.46. The molecule has 7 heteroatoms. The lowest BCUT2D eigenvalue weighted by molar-refractivity contribution is -0.130. The van der Waals surface area contributed by atoms with E-state index in [4.69, 9.17) is 0 Å². The lowest BCUT2D eigenvalue weighted by atomic mass is 9.89. The smallest absolute Gasteiger partial charge is 0.325 e. The average Bonchev–Trinajstić information content (AvgIpc) is 3.31. The van der Waals surface area contributed by atoms with Crippen molar-refractivity contribution in [1.82, 2.24) is 15.5 Å². The Morgan fingerprint density at radius 2 is 1.77 bits per heavy atom. The highest BCUT2D eigenvalue weighted by atomic mass is 16.2. The lowest BCUT2D eigenvalue weighted by Crippen LogP contribution is -2.41. The predicted molar refractivity (Wildman–Crippen MR) is 114 cm³/mol. The molecular weight excluding hydrogens is 394 g/mol. The van der Waals surface area contributed by atoms with Crippen LogP contribution in [0.2, 0.25) is 0 Å². The molecule has 1 saturated heterocycles. The number of nitrogens with zero attached hydrogens (tertiary/aromatic N) is 1. The molecule has 1 fully saturated rings. The highest BCUT2D eigenvalue weighted by molar-refractivity contribution is 6.11. The SMILES string of the molecule is CC(=O)NCc1ccc(C(=O)CN2C(=O)N[C@@](C)(c3ccc4c(c3)CCC4)C2=O)cc1. The maximum absolute atomic E-state index is 13.2. The van der Waals surface area contributed by atoms with Crippen LogP contribution < -0.4 is 10.6 Å². The Labute approximate surface area is 180 Å². The maximum Gasteiger partial charge on any atom is 0.325 e. The third kappa shape index (κ3) is 3.95. The van der Waals surface area contributed by atoms with Gasteiger partial charge in [-0.25, -0.2) is 4.79 Å². The van der Waals surface area contributed by atoms with Gasteiger partial charge in [0.15, 0.2) is 5.78 Å². The highest BCUT2D eigenvalue weighted by Gasteiger charge is 2.49. The molecule has 0 radical (unpaired) electrons.